The van der Waals surface area contributed by atoms with E-state index in [0.717, 1.165) is 29.4 Å². The Bertz CT molecular complexity index is 1110. The minimum absolute atomic E-state index is 0.0226. The van der Waals surface area contributed by atoms with Gasteiger partial charge in [0.1, 0.15) is 0 Å². The number of nitrogens with one attached hydrogen (secondary N) is 1. The SMILES string of the molecule is CCNC(=O)[C@]1(Cc2ccccc2)CCCN(C(=O)[C@H](N)Cc2ccc3ccccc3c2)C1. The number of nitrogens with two attached hydrogens (primary N) is 1. The van der Waals surface area contributed by atoms with Crippen molar-refractivity contribution in [3.05, 3.63) is 83.9 Å². The summed E-state index contributed by atoms with van der Waals surface area (Å²) in [6.45, 7) is 3.54. The molecule has 0 unspecified atom stereocenters. The number of piperidine rings is 1. The molecule has 4 rings (SSSR count). The minimum atomic E-state index is -0.632. The quantitative estimate of drug-likeness (QED) is 0.585. The van der Waals surface area contributed by atoms with Crippen LogP contribution in [0.3, 0.4) is 0 Å². The number of amides is 2. The van der Waals surface area contributed by atoms with Crippen LogP contribution in [0.4, 0.5) is 0 Å². The lowest BCUT2D eigenvalue weighted by Gasteiger charge is -2.42. The van der Waals surface area contributed by atoms with Gasteiger partial charge in [-0.05, 0) is 54.5 Å². The summed E-state index contributed by atoms with van der Waals surface area (Å²) >= 11 is 0. The Hall–Kier alpha value is -3.18. The topological polar surface area (TPSA) is 75.4 Å². The average molecular weight is 444 g/mol. The monoisotopic (exact) mass is 443 g/mol. The Morgan fingerprint density at radius 2 is 1.73 bits per heavy atom. The van der Waals surface area contributed by atoms with Crippen LogP contribution in [0.2, 0.25) is 0 Å². The summed E-state index contributed by atoms with van der Waals surface area (Å²) in [5.74, 6) is -0.0564. The van der Waals surface area contributed by atoms with Crippen LogP contribution in [-0.2, 0) is 22.4 Å². The Kier molecular flexibility index (Phi) is 7.09. The highest BCUT2D eigenvalue weighted by atomic mass is 16.2. The fraction of sp³-hybridized carbons (Fsp3) is 0.357. The summed E-state index contributed by atoms with van der Waals surface area (Å²) in [5.41, 5.74) is 7.93. The average Bonchev–Trinajstić information content (AvgIpc) is 2.84. The molecule has 1 saturated heterocycles. The van der Waals surface area contributed by atoms with E-state index in [-0.39, 0.29) is 11.8 Å². The largest absolute Gasteiger partial charge is 0.356 e. The number of carbonyl (C=O) groups is 2. The summed E-state index contributed by atoms with van der Waals surface area (Å²) in [7, 11) is 0. The summed E-state index contributed by atoms with van der Waals surface area (Å²) in [6, 6.07) is 23.8. The van der Waals surface area contributed by atoms with Crippen LogP contribution in [0.5, 0.6) is 0 Å². The van der Waals surface area contributed by atoms with E-state index in [1.807, 2.05) is 60.4 Å². The van der Waals surface area contributed by atoms with Gasteiger partial charge >= 0.3 is 0 Å². The molecule has 33 heavy (non-hydrogen) atoms. The van der Waals surface area contributed by atoms with E-state index in [9.17, 15) is 9.59 Å². The lowest BCUT2D eigenvalue weighted by Crippen LogP contribution is -2.57. The van der Waals surface area contributed by atoms with Gasteiger partial charge in [-0.3, -0.25) is 9.59 Å². The number of likely N-dealkylation sites (tertiary alicyclic amines) is 1. The van der Waals surface area contributed by atoms with Crippen LogP contribution in [0.15, 0.2) is 72.8 Å². The summed E-state index contributed by atoms with van der Waals surface area (Å²) < 4.78 is 0. The third-order valence-corrected chi connectivity index (χ3v) is 6.68. The van der Waals surface area contributed by atoms with Gasteiger partial charge in [-0.1, -0.05) is 72.8 Å². The first-order valence-electron chi connectivity index (χ1n) is 11.8. The zero-order valence-corrected chi connectivity index (χ0v) is 19.3. The predicted octanol–water partition coefficient (Wildman–Crippen LogP) is 3.70. The molecule has 0 saturated carbocycles. The highest BCUT2D eigenvalue weighted by Crippen LogP contribution is 2.34. The van der Waals surface area contributed by atoms with Crippen molar-refractivity contribution in [2.75, 3.05) is 19.6 Å². The first kappa shape index (κ1) is 23.0. The molecule has 172 valence electrons. The smallest absolute Gasteiger partial charge is 0.239 e. The molecule has 0 bridgehead atoms. The molecule has 0 aliphatic carbocycles. The van der Waals surface area contributed by atoms with Gasteiger partial charge in [0.2, 0.25) is 11.8 Å². The van der Waals surface area contributed by atoms with Crippen molar-refractivity contribution in [3.8, 4) is 0 Å². The molecular formula is C28H33N3O2. The summed E-state index contributed by atoms with van der Waals surface area (Å²) in [5, 5.41) is 5.33. The molecule has 0 aromatic heterocycles. The standard InChI is InChI=1S/C28H33N3O2/c1-2-30-27(33)28(19-21-9-4-3-5-10-21)15-8-16-31(20-28)26(32)25(29)18-22-13-14-23-11-6-7-12-24(23)17-22/h3-7,9-14,17,25H,2,8,15-16,18-20,29H2,1H3,(H,30,33)/t25-,28+/m1/s1. The van der Waals surface area contributed by atoms with Crippen molar-refractivity contribution in [3.63, 3.8) is 0 Å². The number of carbonyl (C=O) groups excluding carboxylic acids is 2. The molecule has 0 spiro atoms. The van der Waals surface area contributed by atoms with Crippen molar-refractivity contribution in [2.24, 2.45) is 11.1 Å². The molecule has 5 nitrogen and oxygen atoms in total. The predicted molar refractivity (Wildman–Crippen MR) is 133 cm³/mol. The molecule has 1 heterocycles. The summed E-state index contributed by atoms with van der Waals surface area (Å²) in [4.78, 5) is 28.4. The van der Waals surface area contributed by atoms with Crippen LogP contribution < -0.4 is 11.1 Å². The lowest BCUT2D eigenvalue weighted by molar-refractivity contribution is -0.142. The maximum atomic E-state index is 13.4. The van der Waals surface area contributed by atoms with Gasteiger partial charge in [0, 0.05) is 19.6 Å². The van der Waals surface area contributed by atoms with Gasteiger partial charge in [-0.15, -0.1) is 0 Å². The van der Waals surface area contributed by atoms with E-state index < -0.39 is 11.5 Å². The Morgan fingerprint density at radius 1 is 1.00 bits per heavy atom. The van der Waals surface area contributed by atoms with Crippen LogP contribution in [0.1, 0.15) is 30.9 Å². The molecule has 3 aromatic rings. The number of nitrogens with zero attached hydrogens (tertiary/aromatic N) is 1. The van der Waals surface area contributed by atoms with Gasteiger partial charge in [-0.25, -0.2) is 0 Å². The van der Waals surface area contributed by atoms with Gasteiger partial charge < -0.3 is 16.0 Å². The first-order valence-corrected chi connectivity index (χ1v) is 11.8. The lowest BCUT2D eigenvalue weighted by atomic mass is 9.74. The molecular weight excluding hydrogens is 410 g/mol. The van der Waals surface area contributed by atoms with Crippen LogP contribution >= 0.6 is 0 Å². The molecule has 2 amide bonds. The van der Waals surface area contributed by atoms with Crippen molar-refractivity contribution < 1.29 is 9.59 Å². The normalized spacial score (nSPS) is 19.3. The minimum Gasteiger partial charge on any atom is -0.356 e. The molecule has 1 aliphatic heterocycles. The molecule has 0 radical (unpaired) electrons. The number of hydrogen-bond acceptors (Lipinski definition) is 3. The number of hydrogen-bond donors (Lipinski definition) is 2. The summed E-state index contributed by atoms with van der Waals surface area (Å²) in [6.07, 6.45) is 2.65. The molecule has 3 N–H and O–H groups in total. The number of benzene rings is 3. The molecule has 3 aromatic carbocycles. The molecule has 2 atom stereocenters. The number of fused-ring (bicyclic) bond motifs is 1. The van der Waals surface area contributed by atoms with Crippen LogP contribution in [0, 0.1) is 5.41 Å². The van der Waals surface area contributed by atoms with E-state index in [4.69, 9.17) is 5.73 Å². The Morgan fingerprint density at radius 3 is 2.48 bits per heavy atom. The van der Waals surface area contributed by atoms with Crippen LogP contribution in [-0.4, -0.2) is 42.4 Å². The Labute approximate surface area is 196 Å². The number of rotatable bonds is 7. The van der Waals surface area contributed by atoms with Crippen molar-refractivity contribution >= 4 is 22.6 Å². The van der Waals surface area contributed by atoms with Gasteiger partial charge in [0.25, 0.3) is 0 Å². The highest BCUT2D eigenvalue weighted by molar-refractivity contribution is 5.87. The fourth-order valence-electron chi connectivity index (χ4n) is 5.01. The van der Waals surface area contributed by atoms with Gasteiger partial charge in [0.15, 0.2) is 0 Å². The van der Waals surface area contributed by atoms with Crippen LogP contribution in [0.25, 0.3) is 10.8 Å². The Balaban J connectivity index is 1.50. The van der Waals surface area contributed by atoms with E-state index in [1.54, 1.807) is 0 Å². The fourth-order valence-corrected chi connectivity index (χ4v) is 5.01. The van der Waals surface area contributed by atoms with Crippen molar-refractivity contribution in [2.45, 2.75) is 38.6 Å². The molecule has 1 fully saturated rings. The van der Waals surface area contributed by atoms with E-state index in [2.05, 4.69) is 29.6 Å². The maximum absolute atomic E-state index is 13.4. The van der Waals surface area contributed by atoms with E-state index >= 15 is 0 Å². The third-order valence-electron chi connectivity index (χ3n) is 6.68. The van der Waals surface area contributed by atoms with E-state index in [1.165, 1.54) is 5.39 Å². The second kappa shape index (κ2) is 10.2. The van der Waals surface area contributed by atoms with E-state index in [0.29, 0.717) is 32.5 Å². The van der Waals surface area contributed by atoms with Crippen molar-refractivity contribution in [1.29, 1.82) is 0 Å². The third kappa shape index (κ3) is 5.25. The van der Waals surface area contributed by atoms with Crippen molar-refractivity contribution in [1.82, 2.24) is 10.2 Å². The second-order valence-corrected chi connectivity index (χ2v) is 9.16. The second-order valence-electron chi connectivity index (χ2n) is 9.16. The molecule has 1 aliphatic rings. The molecule has 5 heteroatoms. The maximum Gasteiger partial charge on any atom is 0.239 e. The zero-order chi connectivity index (χ0) is 23.3. The highest BCUT2D eigenvalue weighted by Gasteiger charge is 2.43. The van der Waals surface area contributed by atoms with Gasteiger partial charge in [0.05, 0.1) is 11.5 Å². The zero-order valence-electron chi connectivity index (χ0n) is 19.3. The first-order chi connectivity index (χ1) is 16.0. The van der Waals surface area contributed by atoms with Gasteiger partial charge in [-0.2, -0.15) is 0 Å².